The zero-order valence-electron chi connectivity index (χ0n) is 9.14. The van der Waals surface area contributed by atoms with Crippen LogP contribution in [0.4, 0.5) is 8.78 Å². The quantitative estimate of drug-likeness (QED) is 0.618. The molecule has 0 bridgehead atoms. The second-order valence-corrected chi connectivity index (χ2v) is 4.53. The molecule has 0 atom stereocenters. The smallest absolute Gasteiger partial charge is 0.287 e. The minimum absolute atomic E-state index is 0.182. The van der Waals surface area contributed by atoms with Crippen LogP contribution in [0.5, 0.6) is 0 Å². The number of hydrogen-bond donors (Lipinski definition) is 3. The van der Waals surface area contributed by atoms with Gasteiger partial charge >= 0.3 is 0 Å². The molecule has 1 rings (SSSR count). The second-order valence-electron chi connectivity index (χ2n) is 4.53. The van der Waals surface area contributed by atoms with E-state index in [0.29, 0.717) is 6.54 Å². The minimum atomic E-state index is -3.24. The Hall–Kier alpha value is -0.750. The Morgan fingerprint density at radius 1 is 1.50 bits per heavy atom. The highest BCUT2D eigenvalue weighted by Gasteiger charge is 2.38. The van der Waals surface area contributed by atoms with Crippen LogP contribution in [0.25, 0.3) is 0 Å². The van der Waals surface area contributed by atoms with Gasteiger partial charge in [-0.3, -0.25) is 4.79 Å². The zero-order valence-corrected chi connectivity index (χ0v) is 9.14. The Labute approximate surface area is 93.2 Å². The second kappa shape index (κ2) is 5.05. The van der Waals surface area contributed by atoms with Crippen LogP contribution in [0.3, 0.4) is 0 Å². The molecule has 6 heteroatoms. The van der Waals surface area contributed by atoms with E-state index < -0.39 is 25.0 Å². The fourth-order valence-electron chi connectivity index (χ4n) is 1.82. The van der Waals surface area contributed by atoms with Crippen LogP contribution in [0.2, 0.25) is 0 Å². The lowest BCUT2D eigenvalue weighted by atomic mass is 9.66. The van der Waals surface area contributed by atoms with Gasteiger partial charge in [-0.1, -0.05) is 6.42 Å². The molecule has 16 heavy (non-hydrogen) atoms. The third-order valence-electron chi connectivity index (χ3n) is 3.16. The molecule has 1 saturated carbocycles. The first-order valence-electron chi connectivity index (χ1n) is 5.38. The molecule has 94 valence electrons. The van der Waals surface area contributed by atoms with Crippen molar-refractivity contribution in [3.63, 3.8) is 0 Å². The van der Waals surface area contributed by atoms with Crippen LogP contribution in [-0.4, -0.2) is 36.6 Å². The Morgan fingerprint density at radius 3 is 2.50 bits per heavy atom. The van der Waals surface area contributed by atoms with E-state index >= 15 is 0 Å². The molecule has 1 aliphatic rings. The van der Waals surface area contributed by atoms with E-state index in [-0.39, 0.29) is 11.8 Å². The van der Waals surface area contributed by atoms with Crippen molar-refractivity contribution >= 4 is 5.91 Å². The van der Waals surface area contributed by atoms with Crippen LogP contribution in [0.15, 0.2) is 0 Å². The van der Waals surface area contributed by atoms with E-state index in [0.717, 1.165) is 19.3 Å². The van der Waals surface area contributed by atoms with Crippen molar-refractivity contribution in [2.75, 3.05) is 19.7 Å². The summed E-state index contributed by atoms with van der Waals surface area (Å²) >= 11 is 0. The van der Waals surface area contributed by atoms with Crippen molar-refractivity contribution < 1.29 is 18.7 Å². The summed E-state index contributed by atoms with van der Waals surface area (Å²) in [5, 5.41) is 10.4. The van der Waals surface area contributed by atoms with Crippen LogP contribution in [-0.2, 0) is 4.79 Å². The van der Waals surface area contributed by atoms with Crippen molar-refractivity contribution in [2.24, 2.45) is 11.1 Å². The number of nitrogens with two attached hydrogens (primary N) is 1. The largest absolute Gasteiger partial charge is 0.390 e. The SMILES string of the molecule is NCC1(CC(=O)NCC(F)(F)CO)CCC1. The monoisotopic (exact) mass is 236 g/mol. The molecule has 0 aliphatic heterocycles. The molecule has 4 nitrogen and oxygen atoms in total. The van der Waals surface area contributed by atoms with Crippen LogP contribution >= 0.6 is 0 Å². The van der Waals surface area contributed by atoms with E-state index in [2.05, 4.69) is 5.32 Å². The lowest BCUT2D eigenvalue weighted by Gasteiger charge is -2.40. The molecule has 0 saturated heterocycles. The lowest BCUT2D eigenvalue weighted by Crippen LogP contribution is -2.45. The number of alkyl halides is 2. The molecular weight excluding hydrogens is 218 g/mol. The van der Waals surface area contributed by atoms with Crippen LogP contribution in [0, 0.1) is 5.41 Å². The highest BCUT2D eigenvalue weighted by molar-refractivity contribution is 5.76. The first-order chi connectivity index (χ1) is 7.43. The van der Waals surface area contributed by atoms with Gasteiger partial charge in [-0.25, -0.2) is 8.78 Å². The Morgan fingerprint density at radius 2 is 2.12 bits per heavy atom. The topological polar surface area (TPSA) is 75.4 Å². The molecule has 0 radical (unpaired) electrons. The van der Waals surface area contributed by atoms with Gasteiger partial charge in [0, 0.05) is 6.42 Å². The van der Waals surface area contributed by atoms with Crippen molar-refractivity contribution in [2.45, 2.75) is 31.6 Å². The number of rotatable bonds is 6. The fraction of sp³-hybridized carbons (Fsp3) is 0.900. The maximum atomic E-state index is 12.6. The number of aliphatic hydroxyl groups excluding tert-OH is 1. The summed E-state index contributed by atoms with van der Waals surface area (Å²) in [5.74, 6) is -3.66. The predicted molar refractivity (Wildman–Crippen MR) is 55.0 cm³/mol. The molecule has 0 spiro atoms. The summed E-state index contributed by atoms with van der Waals surface area (Å²) in [5.41, 5.74) is 5.38. The molecule has 0 aromatic rings. The maximum absolute atomic E-state index is 12.6. The first kappa shape index (κ1) is 13.3. The number of carbonyl (C=O) groups excluding carboxylic acids is 1. The molecule has 1 fully saturated rings. The summed E-state index contributed by atoms with van der Waals surface area (Å²) in [6.45, 7) is -1.66. The Balaban J connectivity index is 2.31. The third-order valence-corrected chi connectivity index (χ3v) is 3.16. The average molecular weight is 236 g/mol. The summed E-state index contributed by atoms with van der Waals surface area (Å²) in [6.07, 6.45) is 3.00. The van der Waals surface area contributed by atoms with Crippen molar-refractivity contribution in [1.82, 2.24) is 5.32 Å². The van der Waals surface area contributed by atoms with E-state index in [1.54, 1.807) is 0 Å². The zero-order chi connectivity index (χ0) is 12.2. The summed E-state index contributed by atoms with van der Waals surface area (Å²) < 4.78 is 25.3. The van der Waals surface area contributed by atoms with Crippen LogP contribution in [0.1, 0.15) is 25.7 Å². The van der Waals surface area contributed by atoms with Gasteiger partial charge in [0.1, 0.15) is 6.61 Å². The number of amides is 1. The van der Waals surface area contributed by atoms with Gasteiger partial charge in [0.15, 0.2) is 0 Å². The summed E-state index contributed by atoms with van der Waals surface area (Å²) in [7, 11) is 0. The fourth-order valence-corrected chi connectivity index (χ4v) is 1.82. The minimum Gasteiger partial charge on any atom is -0.390 e. The predicted octanol–water partition coefficient (Wildman–Crippen LogP) is 0.249. The Kier molecular flexibility index (Phi) is 4.21. The summed E-state index contributed by atoms with van der Waals surface area (Å²) in [6, 6.07) is 0. The maximum Gasteiger partial charge on any atom is 0.287 e. The number of aliphatic hydroxyl groups is 1. The van der Waals surface area contributed by atoms with Gasteiger partial charge in [-0.15, -0.1) is 0 Å². The van der Waals surface area contributed by atoms with E-state index in [1.165, 1.54) is 0 Å². The molecule has 0 aromatic carbocycles. The molecular formula is C10H18F2N2O2. The lowest BCUT2D eigenvalue weighted by molar-refractivity contribution is -0.127. The molecule has 0 unspecified atom stereocenters. The van der Waals surface area contributed by atoms with Gasteiger partial charge in [0.25, 0.3) is 5.92 Å². The van der Waals surface area contributed by atoms with Gasteiger partial charge in [-0.05, 0) is 24.8 Å². The van der Waals surface area contributed by atoms with Crippen molar-refractivity contribution in [1.29, 1.82) is 0 Å². The van der Waals surface area contributed by atoms with Gasteiger partial charge in [-0.2, -0.15) is 0 Å². The van der Waals surface area contributed by atoms with E-state index in [1.807, 2.05) is 0 Å². The standard InChI is InChI=1S/C10H18F2N2O2/c11-10(12,7-15)6-14-8(16)4-9(5-13)2-1-3-9/h15H,1-7,13H2,(H,14,16). The van der Waals surface area contributed by atoms with Gasteiger partial charge in [0.05, 0.1) is 6.54 Å². The molecule has 0 aromatic heterocycles. The van der Waals surface area contributed by atoms with Crippen LogP contribution < -0.4 is 11.1 Å². The molecule has 1 aliphatic carbocycles. The van der Waals surface area contributed by atoms with Crippen molar-refractivity contribution in [3.8, 4) is 0 Å². The first-order valence-corrected chi connectivity index (χ1v) is 5.38. The highest BCUT2D eigenvalue weighted by Crippen LogP contribution is 2.42. The average Bonchev–Trinajstić information content (AvgIpc) is 2.21. The van der Waals surface area contributed by atoms with E-state index in [4.69, 9.17) is 10.8 Å². The number of halogens is 2. The van der Waals surface area contributed by atoms with Crippen molar-refractivity contribution in [3.05, 3.63) is 0 Å². The number of hydrogen-bond acceptors (Lipinski definition) is 3. The molecule has 0 heterocycles. The van der Waals surface area contributed by atoms with Gasteiger partial charge < -0.3 is 16.2 Å². The van der Waals surface area contributed by atoms with Gasteiger partial charge in [0.2, 0.25) is 5.91 Å². The third kappa shape index (κ3) is 3.38. The highest BCUT2D eigenvalue weighted by atomic mass is 19.3. The number of nitrogens with one attached hydrogen (secondary N) is 1. The normalized spacial score (nSPS) is 19.0. The molecule has 1 amide bonds. The van der Waals surface area contributed by atoms with E-state index in [9.17, 15) is 13.6 Å². The summed E-state index contributed by atoms with van der Waals surface area (Å²) in [4.78, 5) is 11.4. The Bertz CT molecular complexity index is 250. The number of carbonyl (C=O) groups is 1. The molecule has 4 N–H and O–H groups in total.